The highest BCUT2D eigenvalue weighted by molar-refractivity contribution is 7.89. The molecule has 0 saturated heterocycles. The lowest BCUT2D eigenvalue weighted by Crippen LogP contribution is -2.28. The molecule has 152 valence electrons. The highest BCUT2D eigenvalue weighted by Crippen LogP contribution is 2.29. The first-order valence-electron chi connectivity index (χ1n) is 8.19. The van der Waals surface area contributed by atoms with Crippen molar-refractivity contribution >= 4 is 21.6 Å². The molecular formula is C18H19F3N2O4S. The monoisotopic (exact) mass is 416 g/mol. The first-order valence-corrected chi connectivity index (χ1v) is 9.68. The van der Waals surface area contributed by atoms with E-state index in [2.05, 4.69) is 14.8 Å². The van der Waals surface area contributed by atoms with Crippen LogP contribution in [-0.2, 0) is 14.8 Å². The second kappa shape index (κ2) is 8.61. The average Bonchev–Trinajstić information content (AvgIpc) is 2.57. The average molecular weight is 416 g/mol. The number of hydrogen-bond acceptors (Lipinski definition) is 4. The Kier molecular flexibility index (Phi) is 6.68. The predicted octanol–water partition coefficient (Wildman–Crippen LogP) is 3.51. The molecule has 2 rings (SSSR count). The van der Waals surface area contributed by atoms with Gasteiger partial charge in [-0.05, 0) is 43.2 Å². The number of anilines is 1. The van der Waals surface area contributed by atoms with Crippen LogP contribution in [0.15, 0.2) is 47.4 Å². The maximum Gasteiger partial charge on any atom is 0.573 e. The van der Waals surface area contributed by atoms with Gasteiger partial charge in [-0.15, -0.1) is 13.2 Å². The largest absolute Gasteiger partial charge is 0.573 e. The molecule has 0 spiro atoms. The molecule has 0 aliphatic heterocycles. The summed E-state index contributed by atoms with van der Waals surface area (Å²) in [7, 11) is -3.82. The number of sulfonamides is 1. The summed E-state index contributed by atoms with van der Waals surface area (Å²) in [4.78, 5) is 12.1. The highest BCUT2D eigenvalue weighted by atomic mass is 32.2. The number of halogens is 3. The number of ether oxygens (including phenoxy) is 1. The van der Waals surface area contributed by atoms with E-state index < -0.39 is 28.0 Å². The molecule has 0 saturated carbocycles. The number of carbonyl (C=O) groups excluding carboxylic acids is 1. The van der Waals surface area contributed by atoms with E-state index in [1.165, 1.54) is 24.3 Å². The van der Waals surface area contributed by atoms with Crippen LogP contribution in [0.2, 0.25) is 0 Å². The number of benzene rings is 2. The second-order valence-corrected chi connectivity index (χ2v) is 7.74. The Balaban J connectivity index is 1.97. The molecule has 28 heavy (non-hydrogen) atoms. The topological polar surface area (TPSA) is 84.5 Å². The second-order valence-electron chi connectivity index (χ2n) is 6.01. The van der Waals surface area contributed by atoms with E-state index in [0.29, 0.717) is 5.56 Å². The van der Waals surface area contributed by atoms with Crippen molar-refractivity contribution in [2.75, 3.05) is 11.9 Å². The lowest BCUT2D eigenvalue weighted by molar-refractivity contribution is -0.274. The van der Waals surface area contributed by atoms with Gasteiger partial charge in [-0.2, -0.15) is 0 Å². The summed E-state index contributed by atoms with van der Waals surface area (Å²) in [6.07, 6.45) is -5.17. The molecule has 0 fully saturated rings. The van der Waals surface area contributed by atoms with Crippen molar-refractivity contribution in [3.8, 4) is 5.75 Å². The lowest BCUT2D eigenvalue weighted by atomic mass is 10.2. The molecule has 2 aromatic carbocycles. The molecule has 0 aromatic heterocycles. The normalized spacial score (nSPS) is 11.9. The van der Waals surface area contributed by atoms with E-state index >= 15 is 0 Å². The van der Waals surface area contributed by atoms with Crippen LogP contribution in [0.4, 0.5) is 18.9 Å². The number of amides is 1. The number of alkyl halides is 3. The van der Waals surface area contributed by atoms with Gasteiger partial charge in [0.15, 0.2) is 5.75 Å². The Labute approximate surface area is 160 Å². The van der Waals surface area contributed by atoms with Crippen LogP contribution in [0.1, 0.15) is 17.5 Å². The van der Waals surface area contributed by atoms with Gasteiger partial charge in [0.1, 0.15) is 0 Å². The molecule has 10 heteroatoms. The molecular weight excluding hydrogens is 397 g/mol. The number of aryl methyl sites for hydroxylation is 2. The van der Waals surface area contributed by atoms with Crippen LogP contribution in [0, 0.1) is 13.8 Å². The van der Waals surface area contributed by atoms with Crippen LogP contribution >= 0.6 is 0 Å². The third-order valence-corrected chi connectivity index (χ3v) is 5.27. The minimum Gasteiger partial charge on any atom is -0.404 e. The van der Waals surface area contributed by atoms with E-state index in [1.807, 2.05) is 0 Å². The van der Waals surface area contributed by atoms with Gasteiger partial charge in [-0.1, -0.05) is 24.3 Å². The van der Waals surface area contributed by atoms with E-state index in [0.717, 1.165) is 11.6 Å². The van der Waals surface area contributed by atoms with Gasteiger partial charge in [0.2, 0.25) is 15.9 Å². The van der Waals surface area contributed by atoms with Crippen LogP contribution in [-0.4, -0.2) is 27.2 Å². The van der Waals surface area contributed by atoms with Gasteiger partial charge in [-0.3, -0.25) is 4.79 Å². The summed E-state index contributed by atoms with van der Waals surface area (Å²) in [6.45, 7) is 3.19. The van der Waals surface area contributed by atoms with Crippen LogP contribution in [0.5, 0.6) is 5.75 Å². The van der Waals surface area contributed by atoms with Crippen LogP contribution in [0.3, 0.4) is 0 Å². The van der Waals surface area contributed by atoms with Crippen molar-refractivity contribution < 1.29 is 31.1 Å². The zero-order valence-corrected chi connectivity index (χ0v) is 15.9. The summed E-state index contributed by atoms with van der Waals surface area (Å²) in [5, 5.41) is 2.28. The first-order chi connectivity index (χ1) is 13.0. The fraction of sp³-hybridized carbons (Fsp3) is 0.278. The molecule has 0 bridgehead atoms. The number of rotatable bonds is 7. The SMILES string of the molecule is Cc1ccc(C)c(S(=O)(=O)NCCC(=O)Nc2ccccc2OC(F)(F)F)c1. The molecule has 0 heterocycles. The number of hydrogen-bond donors (Lipinski definition) is 2. The minimum absolute atomic E-state index is 0.108. The predicted molar refractivity (Wildman–Crippen MR) is 97.5 cm³/mol. The highest BCUT2D eigenvalue weighted by Gasteiger charge is 2.32. The Morgan fingerprint density at radius 2 is 1.79 bits per heavy atom. The Morgan fingerprint density at radius 1 is 1.11 bits per heavy atom. The number of para-hydroxylation sites is 2. The molecule has 6 nitrogen and oxygen atoms in total. The number of nitrogens with one attached hydrogen (secondary N) is 2. The van der Waals surface area contributed by atoms with Gasteiger partial charge in [-0.25, -0.2) is 13.1 Å². The van der Waals surface area contributed by atoms with Crippen molar-refractivity contribution in [3.63, 3.8) is 0 Å². The summed E-state index contributed by atoms with van der Waals surface area (Å²) in [5.41, 5.74) is 1.16. The molecule has 0 radical (unpaired) electrons. The third-order valence-electron chi connectivity index (χ3n) is 3.66. The van der Waals surface area contributed by atoms with E-state index in [9.17, 15) is 26.4 Å². The molecule has 0 aliphatic rings. The van der Waals surface area contributed by atoms with E-state index in [1.54, 1.807) is 26.0 Å². The van der Waals surface area contributed by atoms with Crippen molar-refractivity contribution in [2.24, 2.45) is 0 Å². The minimum atomic E-state index is -4.90. The standard InChI is InChI=1S/C18H19F3N2O4S/c1-12-7-8-13(2)16(11-12)28(25,26)22-10-9-17(24)23-14-5-3-4-6-15(14)27-18(19,20)21/h3-8,11,22H,9-10H2,1-2H3,(H,23,24). The Hall–Kier alpha value is -2.59. The van der Waals surface area contributed by atoms with Gasteiger partial charge in [0.25, 0.3) is 0 Å². The molecule has 1 amide bonds. The maximum atomic E-state index is 12.4. The van der Waals surface area contributed by atoms with E-state index in [4.69, 9.17) is 0 Å². The van der Waals surface area contributed by atoms with Crippen molar-refractivity contribution in [1.29, 1.82) is 0 Å². The Morgan fingerprint density at radius 3 is 2.46 bits per heavy atom. The van der Waals surface area contributed by atoms with Gasteiger partial charge >= 0.3 is 6.36 Å². The maximum absolute atomic E-state index is 12.4. The number of carbonyl (C=O) groups is 1. The quantitative estimate of drug-likeness (QED) is 0.724. The van der Waals surface area contributed by atoms with Gasteiger partial charge in [0.05, 0.1) is 10.6 Å². The zero-order valence-electron chi connectivity index (χ0n) is 15.1. The summed E-state index contributed by atoms with van der Waals surface area (Å²) in [5.74, 6) is -1.22. The first kappa shape index (κ1) is 21.7. The van der Waals surface area contributed by atoms with Gasteiger partial charge in [0, 0.05) is 13.0 Å². The fourth-order valence-corrected chi connectivity index (χ4v) is 3.73. The molecule has 0 atom stereocenters. The fourth-order valence-electron chi connectivity index (χ4n) is 2.37. The van der Waals surface area contributed by atoms with Crippen LogP contribution < -0.4 is 14.8 Å². The van der Waals surface area contributed by atoms with Crippen molar-refractivity contribution in [3.05, 3.63) is 53.6 Å². The van der Waals surface area contributed by atoms with Crippen molar-refractivity contribution in [1.82, 2.24) is 4.72 Å². The van der Waals surface area contributed by atoms with Crippen LogP contribution in [0.25, 0.3) is 0 Å². The smallest absolute Gasteiger partial charge is 0.404 e. The molecule has 2 aromatic rings. The lowest BCUT2D eigenvalue weighted by Gasteiger charge is -2.14. The van der Waals surface area contributed by atoms with E-state index in [-0.39, 0.29) is 23.5 Å². The summed E-state index contributed by atoms with van der Waals surface area (Å²) < 4.78 is 68.1. The summed E-state index contributed by atoms with van der Waals surface area (Å²) in [6, 6.07) is 10.0. The third kappa shape index (κ3) is 6.24. The van der Waals surface area contributed by atoms with Crippen molar-refractivity contribution in [2.45, 2.75) is 31.5 Å². The molecule has 0 aliphatic carbocycles. The van der Waals surface area contributed by atoms with Gasteiger partial charge < -0.3 is 10.1 Å². The molecule has 2 N–H and O–H groups in total. The zero-order chi connectivity index (χ0) is 20.9. The Bertz CT molecular complexity index is 960. The molecule has 0 unspecified atom stereocenters. The summed E-state index contributed by atoms with van der Waals surface area (Å²) >= 11 is 0.